The molecule has 0 radical (unpaired) electrons. The summed E-state index contributed by atoms with van der Waals surface area (Å²) in [5.41, 5.74) is 5.82. The number of rotatable bonds is 2. The van der Waals surface area contributed by atoms with Crippen molar-refractivity contribution in [2.24, 2.45) is 5.73 Å². The Morgan fingerprint density at radius 2 is 1.68 bits per heavy atom. The Balaban J connectivity index is 0.000000399. The number of hydrogen-bond donors (Lipinski definition) is 3. The monoisotopic (exact) mass is 298 g/mol. The summed E-state index contributed by atoms with van der Waals surface area (Å²) in [4.78, 5) is 19.7. The average Bonchev–Trinajstić information content (AvgIpc) is 2.31. The van der Waals surface area contributed by atoms with Crippen LogP contribution in [0, 0.1) is 0 Å². The summed E-state index contributed by atoms with van der Waals surface area (Å²) >= 11 is 5.64. The summed E-state index contributed by atoms with van der Waals surface area (Å²) in [5, 5.41) is 10.4. The zero-order chi connectivity index (χ0) is 15.1. The Hall–Kier alpha value is -1.80. The van der Waals surface area contributed by atoms with Gasteiger partial charge in [-0.15, -0.1) is 0 Å². The highest BCUT2D eigenvalue weighted by Gasteiger charge is 2.38. The summed E-state index contributed by atoms with van der Waals surface area (Å²) in [7, 11) is 0. The second kappa shape index (κ2) is 7.59. The van der Waals surface area contributed by atoms with Crippen molar-refractivity contribution >= 4 is 29.2 Å². The minimum Gasteiger partial charge on any atom is -0.475 e. The van der Waals surface area contributed by atoms with Gasteiger partial charge in [-0.2, -0.15) is 13.2 Å². The molecule has 9 heteroatoms. The van der Waals surface area contributed by atoms with Crippen molar-refractivity contribution in [1.82, 2.24) is 0 Å². The van der Waals surface area contributed by atoms with Crippen molar-refractivity contribution in [3.8, 4) is 0 Å². The molecule has 1 rings (SSSR count). The van der Waals surface area contributed by atoms with Crippen LogP contribution in [0.25, 0.3) is 0 Å². The fourth-order valence-corrected chi connectivity index (χ4v) is 0.871. The highest BCUT2D eigenvalue weighted by atomic mass is 35.5. The number of carboxylic acid groups (broad SMARTS) is 1. The summed E-state index contributed by atoms with van der Waals surface area (Å²) in [5.74, 6) is -2.97. The molecule has 4 N–H and O–H groups in total. The minimum absolute atomic E-state index is 0.0113. The van der Waals surface area contributed by atoms with E-state index in [1.807, 2.05) is 0 Å². The van der Waals surface area contributed by atoms with Crippen molar-refractivity contribution in [3.63, 3.8) is 0 Å². The topological polar surface area (TPSA) is 92.4 Å². The lowest BCUT2D eigenvalue weighted by Crippen LogP contribution is -2.21. The largest absolute Gasteiger partial charge is 0.490 e. The molecular weight excluding hydrogens is 289 g/mol. The average molecular weight is 299 g/mol. The molecule has 0 heterocycles. The molecule has 0 unspecified atom stereocenters. The molecule has 0 fully saturated rings. The van der Waals surface area contributed by atoms with Gasteiger partial charge in [0.1, 0.15) is 0 Å². The van der Waals surface area contributed by atoms with E-state index in [9.17, 15) is 18.0 Å². The lowest BCUT2D eigenvalue weighted by molar-refractivity contribution is -0.192. The number of anilines is 1. The Bertz CT molecular complexity index is 435. The number of carbonyl (C=O) groups is 2. The Morgan fingerprint density at radius 1 is 1.26 bits per heavy atom. The van der Waals surface area contributed by atoms with Crippen LogP contribution < -0.4 is 11.1 Å². The Kier molecular flexibility index (Phi) is 6.87. The van der Waals surface area contributed by atoms with Gasteiger partial charge in [0.2, 0.25) is 5.91 Å². The number of aliphatic carboxylic acids is 1. The zero-order valence-corrected chi connectivity index (χ0v) is 10.1. The van der Waals surface area contributed by atoms with E-state index in [2.05, 4.69) is 5.32 Å². The third kappa shape index (κ3) is 8.01. The number of hydrogen-bond acceptors (Lipinski definition) is 3. The van der Waals surface area contributed by atoms with Crippen LogP contribution in [0.3, 0.4) is 0 Å². The second-order valence-corrected chi connectivity index (χ2v) is 3.50. The van der Waals surface area contributed by atoms with Gasteiger partial charge in [0.15, 0.2) is 0 Å². The van der Waals surface area contributed by atoms with E-state index in [1.54, 1.807) is 24.3 Å². The fourth-order valence-electron chi connectivity index (χ4n) is 0.745. The molecule has 0 saturated carbocycles. The van der Waals surface area contributed by atoms with E-state index < -0.39 is 12.1 Å². The minimum atomic E-state index is -5.08. The highest BCUT2D eigenvalue weighted by molar-refractivity contribution is 6.30. The SMILES string of the molecule is NCC(=O)Nc1ccc(Cl)cc1.O=C(O)C(F)(F)F. The third-order valence-electron chi connectivity index (χ3n) is 1.56. The van der Waals surface area contributed by atoms with Crippen molar-refractivity contribution in [2.75, 3.05) is 11.9 Å². The van der Waals surface area contributed by atoms with Gasteiger partial charge in [0, 0.05) is 10.7 Å². The van der Waals surface area contributed by atoms with Crippen LogP contribution in [0.1, 0.15) is 0 Å². The van der Waals surface area contributed by atoms with Gasteiger partial charge in [-0.1, -0.05) is 11.6 Å². The Morgan fingerprint density at radius 3 is 2.00 bits per heavy atom. The van der Waals surface area contributed by atoms with Crippen molar-refractivity contribution in [3.05, 3.63) is 29.3 Å². The lowest BCUT2D eigenvalue weighted by Gasteiger charge is -2.01. The van der Waals surface area contributed by atoms with Crippen molar-refractivity contribution < 1.29 is 27.9 Å². The van der Waals surface area contributed by atoms with Crippen LogP contribution in [0.2, 0.25) is 5.02 Å². The molecule has 106 valence electrons. The lowest BCUT2D eigenvalue weighted by atomic mass is 10.3. The van der Waals surface area contributed by atoms with Gasteiger partial charge in [0.05, 0.1) is 6.54 Å². The fraction of sp³-hybridized carbons (Fsp3) is 0.200. The first-order valence-electron chi connectivity index (χ1n) is 4.72. The number of amides is 1. The summed E-state index contributed by atoms with van der Waals surface area (Å²) in [6.45, 7) is -0.0113. The number of nitrogens with two attached hydrogens (primary N) is 1. The predicted octanol–water partition coefficient (Wildman–Crippen LogP) is 1.87. The van der Waals surface area contributed by atoms with Gasteiger partial charge in [-0.05, 0) is 24.3 Å². The number of carboxylic acids is 1. The standard InChI is InChI=1S/C8H9ClN2O.C2HF3O2/c9-6-1-3-7(4-2-6)11-8(12)5-10;3-2(4,5)1(6)7/h1-4H,5,10H2,(H,11,12);(H,6,7). The van der Waals surface area contributed by atoms with E-state index in [0.29, 0.717) is 10.7 Å². The molecule has 0 saturated heterocycles. The smallest absolute Gasteiger partial charge is 0.475 e. The molecule has 0 atom stereocenters. The maximum Gasteiger partial charge on any atom is 0.490 e. The molecule has 19 heavy (non-hydrogen) atoms. The molecule has 1 amide bonds. The van der Waals surface area contributed by atoms with Crippen molar-refractivity contribution in [2.45, 2.75) is 6.18 Å². The summed E-state index contributed by atoms with van der Waals surface area (Å²) < 4.78 is 31.7. The maximum absolute atomic E-state index is 10.8. The molecule has 0 aromatic heterocycles. The molecule has 1 aromatic rings. The van der Waals surface area contributed by atoms with E-state index in [4.69, 9.17) is 27.2 Å². The van der Waals surface area contributed by atoms with Crippen LogP contribution in [0.15, 0.2) is 24.3 Å². The molecule has 1 aromatic carbocycles. The first-order valence-corrected chi connectivity index (χ1v) is 5.10. The molecule has 0 spiro atoms. The number of benzene rings is 1. The number of carbonyl (C=O) groups excluding carboxylic acids is 1. The third-order valence-corrected chi connectivity index (χ3v) is 1.81. The van der Waals surface area contributed by atoms with Crippen LogP contribution in [0.4, 0.5) is 18.9 Å². The van der Waals surface area contributed by atoms with Crippen LogP contribution in [0.5, 0.6) is 0 Å². The van der Waals surface area contributed by atoms with E-state index in [0.717, 1.165) is 0 Å². The van der Waals surface area contributed by atoms with Crippen molar-refractivity contribution in [1.29, 1.82) is 0 Å². The predicted molar refractivity (Wildman–Crippen MR) is 62.8 cm³/mol. The molecular formula is C10H10ClF3N2O3. The molecule has 5 nitrogen and oxygen atoms in total. The summed E-state index contributed by atoms with van der Waals surface area (Å²) in [6, 6.07) is 6.84. The van der Waals surface area contributed by atoms with Gasteiger partial charge < -0.3 is 16.2 Å². The van der Waals surface area contributed by atoms with Crippen LogP contribution >= 0.6 is 11.6 Å². The second-order valence-electron chi connectivity index (χ2n) is 3.06. The highest BCUT2D eigenvalue weighted by Crippen LogP contribution is 2.13. The van der Waals surface area contributed by atoms with Crippen LogP contribution in [-0.4, -0.2) is 29.7 Å². The molecule has 0 aliphatic heterocycles. The molecule has 0 bridgehead atoms. The normalized spacial score (nSPS) is 10.2. The van der Waals surface area contributed by atoms with Gasteiger partial charge in [-0.3, -0.25) is 4.79 Å². The zero-order valence-electron chi connectivity index (χ0n) is 9.37. The molecule has 0 aliphatic carbocycles. The number of halogens is 4. The molecule has 0 aliphatic rings. The number of alkyl halides is 3. The van der Waals surface area contributed by atoms with Gasteiger partial charge in [-0.25, -0.2) is 4.79 Å². The first kappa shape index (κ1) is 17.2. The summed E-state index contributed by atoms with van der Waals surface area (Å²) in [6.07, 6.45) is -5.08. The Labute approximate surface area is 111 Å². The quantitative estimate of drug-likeness (QED) is 0.777. The van der Waals surface area contributed by atoms with E-state index in [-0.39, 0.29) is 12.5 Å². The number of nitrogens with one attached hydrogen (secondary N) is 1. The van der Waals surface area contributed by atoms with E-state index in [1.165, 1.54) is 0 Å². The van der Waals surface area contributed by atoms with Gasteiger partial charge in [0.25, 0.3) is 0 Å². The van der Waals surface area contributed by atoms with Crippen LogP contribution in [-0.2, 0) is 9.59 Å². The maximum atomic E-state index is 10.8. The first-order chi connectivity index (χ1) is 8.66. The van der Waals surface area contributed by atoms with Gasteiger partial charge >= 0.3 is 12.1 Å². The van der Waals surface area contributed by atoms with E-state index >= 15 is 0 Å².